The molecule has 2 rings (SSSR count). The molecule has 0 unspecified atom stereocenters. The number of benzene rings is 2. The maximum absolute atomic E-state index is 12.6. The molecule has 0 aromatic heterocycles. The van der Waals surface area contributed by atoms with E-state index in [0.717, 1.165) is 0 Å². The van der Waals surface area contributed by atoms with Crippen LogP contribution in [0.4, 0.5) is 5.69 Å². The van der Waals surface area contributed by atoms with Crippen LogP contribution in [0.3, 0.4) is 0 Å². The van der Waals surface area contributed by atoms with Crippen molar-refractivity contribution in [3.63, 3.8) is 0 Å². The summed E-state index contributed by atoms with van der Waals surface area (Å²) in [6, 6.07) is 12.1. The van der Waals surface area contributed by atoms with Crippen LogP contribution in [-0.4, -0.2) is 31.7 Å². The Morgan fingerprint density at radius 3 is 2.54 bits per heavy atom. The maximum Gasteiger partial charge on any atom is 0.257 e. The fraction of sp³-hybridized carbons (Fsp3) is 0.222. The van der Waals surface area contributed by atoms with Gasteiger partial charge in [0.2, 0.25) is 10.0 Å². The number of hydrogen-bond donors (Lipinski definition) is 1. The molecule has 2 aromatic carbocycles. The van der Waals surface area contributed by atoms with Crippen LogP contribution in [0.15, 0.2) is 47.4 Å². The van der Waals surface area contributed by atoms with E-state index in [1.165, 1.54) is 35.6 Å². The van der Waals surface area contributed by atoms with Gasteiger partial charge in [-0.25, -0.2) is 8.42 Å². The molecule has 2 aromatic rings. The van der Waals surface area contributed by atoms with Gasteiger partial charge >= 0.3 is 0 Å². The van der Waals surface area contributed by atoms with Crippen molar-refractivity contribution in [3.8, 4) is 6.07 Å². The molecule has 1 N–H and O–H groups in total. The van der Waals surface area contributed by atoms with Gasteiger partial charge in [0.15, 0.2) is 0 Å². The van der Waals surface area contributed by atoms with Gasteiger partial charge in [-0.15, -0.1) is 0 Å². The molecule has 136 valence electrons. The van der Waals surface area contributed by atoms with Crippen molar-refractivity contribution in [2.24, 2.45) is 0 Å². The average molecular weight is 392 g/mol. The van der Waals surface area contributed by atoms with Gasteiger partial charge in [-0.2, -0.15) is 9.57 Å². The number of amides is 1. The summed E-state index contributed by atoms with van der Waals surface area (Å²) in [5.74, 6) is -0.561. The standard InChI is InChI=1S/C18H18ClN3O3S/c1-12(2)22(3)26(24,25)15-7-8-17(19)16(10-15)18(23)21-14-6-4-5-13(9-14)11-20/h4-10,12H,1-3H3,(H,21,23). The first-order valence-corrected chi connectivity index (χ1v) is 9.57. The van der Waals surface area contributed by atoms with E-state index in [4.69, 9.17) is 16.9 Å². The van der Waals surface area contributed by atoms with Crippen LogP contribution >= 0.6 is 11.6 Å². The third-order valence-electron chi connectivity index (χ3n) is 3.84. The smallest absolute Gasteiger partial charge is 0.257 e. The minimum Gasteiger partial charge on any atom is -0.322 e. The number of hydrogen-bond acceptors (Lipinski definition) is 4. The van der Waals surface area contributed by atoms with Crippen LogP contribution in [0.25, 0.3) is 0 Å². The van der Waals surface area contributed by atoms with E-state index in [1.54, 1.807) is 32.0 Å². The zero-order valence-electron chi connectivity index (χ0n) is 14.5. The number of anilines is 1. The van der Waals surface area contributed by atoms with Crippen LogP contribution in [0.5, 0.6) is 0 Å². The summed E-state index contributed by atoms with van der Waals surface area (Å²) in [5, 5.41) is 11.7. The SMILES string of the molecule is CC(C)N(C)S(=O)(=O)c1ccc(Cl)c(C(=O)Nc2cccc(C#N)c2)c1. The molecule has 0 heterocycles. The lowest BCUT2D eigenvalue weighted by atomic mass is 10.2. The summed E-state index contributed by atoms with van der Waals surface area (Å²) in [5.41, 5.74) is 0.841. The van der Waals surface area contributed by atoms with Crippen molar-refractivity contribution in [2.45, 2.75) is 24.8 Å². The maximum atomic E-state index is 12.6. The van der Waals surface area contributed by atoms with Crippen molar-refractivity contribution in [3.05, 3.63) is 58.6 Å². The lowest BCUT2D eigenvalue weighted by molar-refractivity contribution is 0.102. The molecule has 0 atom stereocenters. The molecule has 0 bridgehead atoms. The third-order valence-corrected chi connectivity index (χ3v) is 6.20. The molecule has 0 radical (unpaired) electrons. The lowest BCUT2D eigenvalue weighted by Crippen LogP contribution is -2.33. The van der Waals surface area contributed by atoms with Crippen molar-refractivity contribution in [2.75, 3.05) is 12.4 Å². The highest BCUT2D eigenvalue weighted by Gasteiger charge is 2.25. The molecule has 0 aliphatic rings. The van der Waals surface area contributed by atoms with Gasteiger partial charge in [0.25, 0.3) is 5.91 Å². The third kappa shape index (κ3) is 4.22. The van der Waals surface area contributed by atoms with Crippen LogP contribution in [0, 0.1) is 11.3 Å². The number of nitriles is 1. The van der Waals surface area contributed by atoms with Gasteiger partial charge in [0.1, 0.15) is 0 Å². The Balaban J connectivity index is 2.38. The van der Waals surface area contributed by atoms with Crippen molar-refractivity contribution < 1.29 is 13.2 Å². The molecule has 26 heavy (non-hydrogen) atoms. The second-order valence-corrected chi connectivity index (χ2v) is 8.31. The summed E-state index contributed by atoms with van der Waals surface area (Å²) in [6.07, 6.45) is 0. The first-order chi connectivity index (χ1) is 12.2. The van der Waals surface area contributed by atoms with Gasteiger partial charge in [0, 0.05) is 18.8 Å². The minimum absolute atomic E-state index is 0.0194. The Morgan fingerprint density at radius 2 is 1.92 bits per heavy atom. The fourth-order valence-corrected chi connectivity index (χ4v) is 3.75. The minimum atomic E-state index is -3.74. The molecular formula is C18H18ClN3O3S. The van der Waals surface area contributed by atoms with Crippen LogP contribution in [0.1, 0.15) is 29.8 Å². The van der Waals surface area contributed by atoms with E-state index in [0.29, 0.717) is 11.3 Å². The van der Waals surface area contributed by atoms with E-state index >= 15 is 0 Å². The zero-order valence-corrected chi connectivity index (χ0v) is 16.1. The second kappa shape index (κ2) is 7.87. The largest absolute Gasteiger partial charge is 0.322 e. The van der Waals surface area contributed by atoms with Crippen LogP contribution in [0.2, 0.25) is 5.02 Å². The predicted octanol–water partition coefficient (Wildman–Crippen LogP) is 3.49. The second-order valence-electron chi connectivity index (χ2n) is 5.90. The first kappa shape index (κ1) is 19.9. The molecule has 0 spiro atoms. The predicted molar refractivity (Wildman–Crippen MR) is 101 cm³/mol. The molecule has 1 amide bonds. The van der Waals surface area contributed by atoms with Gasteiger partial charge in [0.05, 0.1) is 27.1 Å². The molecular weight excluding hydrogens is 374 g/mol. The number of nitrogens with zero attached hydrogens (tertiary/aromatic N) is 2. The van der Waals surface area contributed by atoms with Gasteiger partial charge in [-0.05, 0) is 50.2 Å². The van der Waals surface area contributed by atoms with Crippen LogP contribution < -0.4 is 5.32 Å². The summed E-state index contributed by atoms with van der Waals surface area (Å²) >= 11 is 6.09. The number of rotatable bonds is 5. The lowest BCUT2D eigenvalue weighted by Gasteiger charge is -2.21. The Kier molecular flexibility index (Phi) is 6.03. The Hall–Kier alpha value is -2.40. The highest BCUT2D eigenvalue weighted by Crippen LogP contribution is 2.24. The molecule has 6 nitrogen and oxygen atoms in total. The Labute approximate surface area is 158 Å². The van der Waals surface area contributed by atoms with E-state index in [9.17, 15) is 13.2 Å². The van der Waals surface area contributed by atoms with E-state index < -0.39 is 15.9 Å². The van der Waals surface area contributed by atoms with Gasteiger partial charge < -0.3 is 5.32 Å². The van der Waals surface area contributed by atoms with E-state index in [-0.39, 0.29) is 21.5 Å². The summed E-state index contributed by atoms with van der Waals surface area (Å²) < 4.78 is 26.4. The van der Waals surface area contributed by atoms with E-state index in [2.05, 4.69) is 5.32 Å². The molecule has 8 heteroatoms. The Morgan fingerprint density at radius 1 is 1.23 bits per heavy atom. The molecule has 0 saturated heterocycles. The zero-order chi connectivity index (χ0) is 19.5. The molecule has 0 aliphatic heterocycles. The summed E-state index contributed by atoms with van der Waals surface area (Å²) in [4.78, 5) is 12.5. The van der Waals surface area contributed by atoms with Crippen LogP contribution in [-0.2, 0) is 10.0 Å². The highest BCUT2D eigenvalue weighted by atomic mass is 35.5. The average Bonchev–Trinajstić information content (AvgIpc) is 2.61. The fourth-order valence-electron chi connectivity index (χ4n) is 2.15. The number of nitrogens with one attached hydrogen (secondary N) is 1. The van der Waals surface area contributed by atoms with E-state index in [1.807, 2.05) is 6.07 Å². The summed E-state index contributed by atoms with van der Waals surface area (Å²) in [6.45, 7) is 3.51. The van der Waals surface area contributed by atoms with Gasteiger partial charge in [-0.3, -0.25) is 4.79 Å². The monoisotopic (exact) mass is 391 g/mol. The molecule has 0 aliphatic carbocycles. The summed E-state index contributed by atoms with van der Waals surface area (Å²) in [7, 11) is -2.27. The molecule has 0 fully saturated rings. The quantitative estimate of drug-likeness (QED) is 0.844. The van der Waals surface area contributed by atoms with Crippen molar-refractivity contribution in [1.82, 2.24) is 4.31 Å². The number of carbonyl (C=O) groups excluding carboxylic acids is 1. The van der Waals surface area contributed by atoms with Gasteiger partial charge in [-0.1, -0.05) is 17.7 Å². The number of halogens is 1. The number of sulfonamides is 1. The van der Waals surface area contributed by atoms with Crippen molar-refractivity contribution in [1.29, 1.82) is 5.26 Å². The number of carbonyl (C=O) groups is 1. The first-order valence-electron chi connectivity index (χ1n) is 7.76. The highest BCUT2D eigenvalue weighted by molar-refractivity contribution is 7.89. The molecule has 0 saturated carbocycles. The van der Waals surface area contributed by atoms with Crippen molar-refractivity contribution >= 4 is 33.2 Å². The normalized spacial score (nSPS) is 11.4. The topological polar surface area (TPSA) is 90.3 Å². The Bertz CT molecular complexity index is 981.